The molecule has 1 heterocycles. The van der Waals surface area contributed by atoms with E-state index in [1.54, 1.807) is 10.4 Å². The van der Waals surface area contributed by atoms with Gasteiger partial charge in [-0.15, -0.1) is 0 Å². The van der Waals surface area contributed by atoms with Crippen molar-refractivity contribution in [2.24, 2.45) is 11.8 Å². The number of fused-ring (bicyclic) bond motifs is 1. The first-order valence-electron chi connectivity index (χ1n) is 7.56. The summed E-state index contributed by atoms with van der Waals surface area (Å²) in [5.74, 6) is 1.18. The van der Waals surface area contributed by atoms with Gasteiger partial charge in [0.2, 0.25) is 10.0 Å². The number of nitrogens with zero attached hydrogens (tertiary/aromatic N) is 1. The lowest BCUT2D eigenvalue weighted by Crippen LogP contribution is -2.29. The number of rotatable bonds is 2. The van der Waals surface area contributed by atoms with Crippen molar-refractivity contribution in [3.63, 3.8) is 0 Å². The second-order valence-electron chi connectivity index (χ2n) is 6.37. The molecule has 0 spiro atoms. The van der Waals surface area contributed by atoms with Crippen LogP contribution in [0.1, 0.15) is 36.8 Å². The van der Waals surface area contributed by atoms with Crippen molar-refractivity contribution >= 4 is 10.0 Å². The van der Waals surface area contributed by atoms with Crippen molar-refractivity contribution in [2.45, 2.75) is 44.4 Å². The van der Waals surface area contributed by atoms with Crippen LogP contribution in [0.3, 0.4) is 0 Å². The Morgan fingerprint density at radius 2 is 1.60 bits per heavy atom. The van der Waals surface area contributed by atoms with E-state index in [0.29, 0.717) is 16.7 Å². The Morgan fingerprint density at radius 3 is 2.15 bits per heavy atom. The van der Waals surface area contributed by atoms with E-state index in [1.165, 1.54) is 25.7 Å². The second kappa shape index (κ2) is 5.15. The molecule has 2 atom stereocenters. The van der Waals surface area contributed by atoms with Crippen LogP contribution in [0.15, 0.2) is 23.1 Å². The number of hydrogen-bond acceptors (Lipinski definition) is 2. The molecule has 3 nitrogen and oxygen atoms in total. The van der Waals surface area contributed by atoms with Crippen molar-refractivity contribution in [1.82, 2.24) is 4.31 Å². The third-order valence-electron chi connectivity index (χ3n) is 5.06. The Balaban J connectivity index is 1.86. The molecule has 1 aliphatic heterocycles. The number of aryl methyl sites for hydroxylation is 2. The van der Waals surface area contributed by atoms with Gasteiger partial charge in [-0.1, -0.05) is 18.9 Å². The van der Waals surface area contributed by atoms with Gasteiger partial charge in [0.1, 0.15) is 0 Å². The van der Waals surface area contributed by atoms with Gasteiger partial charge in [-0.3, -0.25) is 0 Å². The topological polar surface area (TPSA) is 37.4 Å². The molecule has 1 saturated heterocycles. The van der Waals surface area contributed by atoms with Crippen LogP contribution in [0.2, 0.25) is 0 Å². The summed E-state index contributed by atoms with van der Waals surface area (Å²) in [6, 6.07) is 5.47. The first-order chi connectivity index (χ1) is 9.48. The largest absolute Gasteiger partial charge is 0.243 e. The highest BCUT2D eigenvalue weighted by atomic mass is 32.2. The van der Waals surface area contributed by atoms with Gasteiger partial charge >= 0.3 is 0 Å². The van der Waals surface area contributed by atoms with Crippen molar-refractivity contribution in [3.05, 3.63) is 29.3 Å². The smallest absolute Gasteiger partial charge is 0.207 e. The first kappa shape index (κ1) is 14.1. The van der Waals surface area contributed by atoms with E-state index in [9.17, 15) is 8.42 Å². The maximum atomic E-state index is 12.8. The molecule has 0 bridgehead atoms. The summed E-state index contributed by atoms with van der Waals surface area (Å²) in [6.07, 6.45) is 4.92. The summed E-state index contributed by atoms with van der Waals surface area (Å²) in [6.45, 7) is 5.42. The first-order valence-corrected chi connectivity index (χ1v) is 9.00. The van der Waals surface area contributed by atoms with Crippen molar-refractivity contribution < 1.29 is 8.42 Å². The standard InChI is InChI=1S/C16H23NO2S/c1-12-7-8-16(9-13(12)2)20(18,19)17-10-14-5-3-4-6-15(14)11-17/h7-9,14-15H,3-6,10-11H2,1-2H3. The molecule has 1 saturated carbocycles. The SMILES string of the molecule is Cc1ccc(S(=O)(=O)N2CC3CCCCC3C2)cc1C. The Labute approximate surface area is 122 Å². The molecule has 0 radical (unpaired) electrons. The fourth-order valence-corrected chi connectivity index (χ4v) is 5.22. The molecule has 20 heavy (non-hydrogen) atoms. The van der Waals surface area contributed by atoms with Gasteiger partial charge in [0.25, 0.3) is 0 Å². The van der Waals surface area contributed by atoms with Crippen LogP contribution in [0.5, 0.6) is 0 Å². The zero-order valence-corrected chi connectivity index (χ0v) is 13.1. The molecule has 2 aliphatic rings. The van der Waals surface area contributed by atoms with Crippen LogP contribution in [-0.2, 0) is 10.0 Å². The average molecular weight is 293 g/mol. The van der Waals surface area contributed by atoms with E-state index in [4.69, 9.17) is 0 Å². The zero-order valence-electron chi connectivity index (χ0n) is 12.3. The summed E-state index contributed by atoms with van der Waals surface area (Å²) < 4.78 is 27.3. The quantitative estimate of drug-likeness (QED) is 0.840. The Bertz CT molecular complexity index is 595. The normalized spacial score (nSPS) is 27.5. The average Bonchev–Trinajstić information content (AvgIpc) is 2.86. The molecule has 0 N–H and O–H groups in total. The van der Waals surface area contributed by atoms with Crippen LogP contribution in [-0.4, -0.2) is 25.8 Å². The molecule has 4 heteroatoms. The van der Waals surface area contributed by atoms with Gasteiger partial charge in [-0.25, -0.2) is 8.42 Å². The summed E-state index contributed by atoms with van der Waals surface area (Å²) in [5.41, 5.74) is 2.18. The highest BCUT2D eigenvalue weighted by molar-refractivity contribution is 7.89. The maximum absolute atomic E-state index is 12.8. The fraction of sp³-hybridized carbons (Fsp3) is 0.625. The van der Waals surface area contributed by atoms with Gasteiger partial charge in [-0.2, -0.15) is 4.31 Å². The van der Waals surface area contributed by atoms with Crippen LogP contribution in [0.25, 0.3) is 0 Å². The van der Waals surface area contributed by atoms with Crippen LogP contribution < -0.4 is 0 Å². The summed E-state index contributed by atoms with van der Waals surface area (Å²) in [4.78, 5) is 0.458. The number of benzene rings is 1. The van der Waals surface area contributed by atoms with Crippen LogP contribution in [0, 0.1) is 25.7 Å². The predicted molar refractivity (Wildman–Crippen MR) is 80.1 cm³/mol. The molecule has 110 valence electrons. The molecule has 3 rings (SSSR count). The van der Waals surface area contributed by atoms with Gasteiger partial charge in [0, 0.05) is 13.1 Å². The van der Waals surface area contributed by atoms with Crippen molar-refractivity contribution in [2.75, 3.05) is 13.1 Å². The third kappa shape index (κ3) is 2.40. The minimum Gasteiger partial charge on any atom is -0.207 e. The maximum Gasteiger partial charge on any atom is 0.243 e. The zero-order chi connectivity index (χ0) is 14.3. The minimum absolute atomic E-state index is 0.458. The third-order valence-corrected chi connectivity index (χ3v) is 6.89. The van der Waals surface area contributed by atoms with E-state index in [-0.39, 0.29) is 0 Å². The molecular weight excluding hydrogens is 270 g/mol. The fourth-order valence-electron chi connectivity index (χ4n) is 3.58. The van der Waals surface area contributed by atoms with Gasteiger partial charge in [0.05, 0.1) is 4.90 Å². The van der Waals surface area contributed by atoms with Gasteiger partial charge < -0.3 is 0 Å². The highest BCUT2D eigenvalue weighted by Gasteiger charge is 2.40. The molecule has 0 aromatic heterocycles. The molecule has 1 aliphatic carbocycles. The number of hydrogen-bond donors (Lipinski definition) is 0. The monoisotopic (exact) mass is 293 g/mol. The summed E-state index contributed by atoms with van der Waals surface area (Å²) in [7, 11) is -3.30. The molecule has 0 amide bonds. The van der Waals surface area contributed by atoms with Crippen LogP contribution in [0.4, 0.5) is 0 Å². The van der Waals surface area contributed by atoms with E-state index >= 15 is 0 Å². The summed E-state index contributed by atoms with van der Waals surface area (Å²) in [5, 5.41) is 0. The Morgan fingerprint density at radius 1 is 1.00 bits per heavy atom. The second-order valence-corrected chi connectivity index (χ2v) is 8.31. The summed E-state index contributed by atoms with van der Waals surface area (Å²) >= 11 is 0. The molecule has 2 fully saturated rings. The van der Waals surface area contributed by atoms with Gasteiger partial charge in [0.15, 0.2) is 0 Å². The predicted octanol–water partition coefficient (Wildman–Crippen LogP) is 3.11. The van der Waals surface area contributed by atoms with E-state index < -0.39 is 10.0 Å². The highest BCUT2D eigenvalue weighted by Crippen LogP contribution is 2.38. The van der Waals surface area contributed by atoms with E-state index in [0.717, 1.165) is 24.2 Å². The molecule has 1 aromatic rings. The van der Waals surface area contributed by atoms with E-state index in [2.05, 4.69) is 0 Å². The van der Waals surface area contributed by atoms with Crippen LogP contribution >= 0.6 is 0 Å². The Kier molecular flexibility index (Phi) is 3.63. The van der Waals surface area contributed by atoms with Crippen molar-refractivity contribution in [3.8, 4) is 0 Å². The van der Waals surface area contributed by atoms with E-state index in [1.807, 2.05) is 26.0 Å². The van der Waals surface area contributed by atoms with Crippen molar-refractivity contribution in [1.29, 1.82) is 0 Å². The molecule has 2 unspecified atom stereocenters. The molecular formula is C16H23NO2S. The lowest BCUT2D eigenvalue weighted by Gasteiger charge is -2.22. The number of sulfonamides is 1. The minimum atomic E-state index is -3.30. The lowest BCUT2D eigenvalue weighted by atomic mass is 9.82. The molecule has 1 aromatic carbocycles. The van der Waals surface area contributed by atoms with Gasteiger partial charge in [-0.05, 0) is 61.8 Å². The Hall–Kier alpha value is -0.870. The lowest BCUT2D eigenvalue weighted by molar-refractivity contribution is 0.299.